The summed E-state index contributed by atoms with van der Waals surface area (Å²) in [6, 6.07) is 9.66. The lowest BCUT2D eigenvalue weighted by molar-refractivity contribution is 0.628. The van der Waals surface area contributed by atoms with Gasteiger partial charge in [-0.15, -0.1) is 0 Å². The minimum absolute atomic E-state index is 0.354. The largest absolute Gasteiger partial charge is 0.454 e. The fraction of sp³-hybridized carbons (Fsp3) is 0. The van der Waals surface area contributed by atoms with Crippen LogP contribution >= 0.6 is 47.8 Å². The van der Waals surface area contributed by atoms with Crippen molar-refractivity contribution in [2.45, 2.75) is 0 Å². The Bertz CT molecular complexity index is 1040. The molecule has 10 heteroatoms. The Morgan fingerprint density at radius 3 is 2.15 bits per heavy atom. The Morgan fingerprint density at radius 1 is 0.846 bits per heavy atom. The van der Waals surface area contributed by atoms with E-state index in [-0.39, 0.29) is 0 Å². The molecule has 0 atom stereocenters. The zero-order valence-corrected chi connectivity index (χ0v) is 17.8. The maximum absolute atomic E-state index is 5.79. The number of aromatic nitrogens is 4. The van der Waals surface area contributed by atoms with Gasteiger partial charge >= 0.3 is 0 Å². The van der Waals surface area contributed by atoms with Gasteiger partial charge in [-0.1, -0.05) is 18.2 Å². The number of hydrogen-bond donors (Lipinski definition) is 2. The summed E-state index contributed by atoms with van der Waals surface area (Å²) in [6.45, 7) is 0. The molecule has 0 radical (unpaired) electrons. The summed E-state index contributed by atoms with van der Waals surface area (Å²) in [6.07, 6.45) is 3.10. The van der Waals surface area contributed by atoms with Crippen LogP contribution in [0.15, 0.2) is 61.0 Å². The first-order valence-corrected chi connectivity index (χ1v) is 9.52. The van der Waals surface area contributed by atoms with Gasteiger partial charge in [-0.05, 0) is 59.9 Å². The number of hydrogen-bond acceptors (Lipinski definition) is 7. The average Bonchev–Trinajstić information content (AvgIpc) is 3.05. The Balaban J connectivity index is 0.000000185. The van der Waals surface area contributed by atoms with Crippen LogP contribution in [0.1, 0.15) is 0 Å². The Hall–Kier alpha value is -2.04. The van der Waals surface area contributed by atoms with E-state index in [9.17, 15) is 0 Å². The first kappa shape index (κ1) is 18.7. The highest BCUT2D eigenvalue weighted by molar-refractivity contribution is 9.11. The van der Waals surface area contributed by atoms with Gasteiger partial charge in [0.2, 0.25) is 0 Å². The second-order valence-electron chi connectivity index (χ2n) is 4.94. The molecule has 4 N–H and O–H groups in total. The summed E-state index contributed by atoms with van der Waals surface area (Å²) in [7, 11) is 0. The van der Waals surface area contributed by atoms with Crippen molar-refractivity contribution >= 4 is 70.4 Å². The van der Waals surface area contributed by atoms with Crippen LogP contribution in [0.3, 0.4) is 0 Å². The lowest BCUT2D eigenvalue weighted by Crippen LogP contribution is -1.96. The number of benzene rings is 1. The third-order valence-corrected chi connectivity index (χ3v) is 4.50. The van der Waals surface area contributed by atoms with Gasteiger partial charge in [-0.3, -0.25) is 0 Å². The highest BCUT2D eigenvalue weighted by Crippen LogP contribution is 2.29. The summed E-state index contributed by atoms with van der Waals surface area (Å²) >= 11 is 9.52. The standard InChI is InChI=1S/C12H8BrN3O.C4H3Br2N3/c13-10-6-15-12(14)11(16-10)9-5-7-3-1-2-4-8(7)17-9;5-2-1-8-4(7)3(6)9-2/h1-6H,(H2,14,15);1H,(H2,7,8). The van der Waals surface area contributed by atoms with E-state index in [2.05, 4.69) is 67.7 Å². The second-order valence-corrected chi connectivity index (χ2v) is 7.32. The van der Waals surface area contributed by atoms with E-state index in [1.165, 1.54) is 0 Å². The van der Waals surface area contributed by atoms with Crippen LogP contribution in [0.5, 0.6) is 0 Å². The summed E-state index contributed by atoms with van der Waals surface area (Å²) in [5.74, 6) is 1.38. The van der Waals surface area contributed by atoms with Crippen LogP contribution in [0, 0.1) is 0 Å². The van der Waals surface area contributed by atoms with Gasteiger partial charge in [0.05, 0.1) is 12.4 Å². The summed E-state index contributed by atoms with van der Waals surface area (Å²) in [5, 5.41) is 1.02. The molecule has 26 heavy (non-hydrogen) atoms. The van der Waals surface area contributed by atoms with E-state index in [1.807, 2.05) is 30.3 Å². The smallest absolute Gasteiger partial charge is 0.157 e. The van der Waals surface area contributed by atoms with E-state index in [0.29, 0.717) is 36.9 Å². The molecule has 0 amide bonds. The molecule has 4 aromatic rings. The number of para-hydroxylation sites is 1. The monoisotopic (exact) mass is 540 g/mol. The SMILES string of the molecule is Nc1ncc(Br)nc1-c1cc2ccccc2o1.Nc1ncc(Br)nc1Br. The van der Waals surface area contributed by atoms with E-state index in [4.69, 9.17) is 15.9 Å². The van der Waals surface area contributed by atoms with Crippen LogP contribution in [-0.2, 0) is 0 Å². The number of nitrogens with zero attached hydrogens (tertiary/aromatic N) is 4. The number of anilines is 2. The fourth-order valence-corrected chi connectivity index (χ4v) is 3.10. The van der Waals surface area contributed by atoms with Crippen molar-refractivity contribution in [1.29, 1.82) is 0 Å². The predicted octanol–water partition coefficient (Wildman–Crippen LogP) is 4.82. The van der Waals surface area contributed by atoms with Crippen molar-refractivity contribution in [2.24, 2.45) is 0 Å². The molecule has 132 valence electrons. The van der Waals surface area contributed by atoms with Crippen LogP contribution in [0.4, 0.5) is 11.6 Å². The van der Waals surface area contributed by atoms with Crippen LogP contribution in [-0.4, -0.2) is 19.9 Å². The quantitative estimate of drug-likeness (QED) is 0.354. The summed E-state index contributed by atoms with van der Waals surface area (Å²) in [4.78, 5) is 16.0. The van der Waals surface area contributed by atoms with Crippen molar-refractivity contribution < 1.29 is 4.42 Å². The number of rotatable bonds is 1. The van der Waals surface area contributed by atoms with Crippen LogP contribution in [0.25, 0.3) is 22.4 Å². The Labute approximate surface area is 173 Å². The first-order chi connectivity index (χ1) is 12.4. The maximum atomic E-state index is 5.79. The van der Waals surface area contributed by atoms with Crippen molar-refractivity contribution in [1.82, 2.24) is 19.9 Å². The van der Waals surface area contributed by atoms with E-state index >= 15 is 0 Å². The van der Waals surface area contributed by atoms with Crippen LogP contribution < -0.4 is 11.5 Å². The molecule has 0 aliphatic heterocycles. The first-order valence-electron chi connectivity index (χ1n) is 7.14. The van der Waals surface area contributed by atoms with Crippen molar-refractivity contribution in [3.63, 3.8) is 0 Å². The van der Waals surface area contributed by atoms with Gasteiger partial charge in [-0.2, -0.15) is 0 Å². The molecule has 0 saturated carbocycles. The number of nitrogens with two attached hydrogens (primary N) is 2. The molecular formula is C16H11Br3N6O. The number of nitrogen functional groups attached to an aromatic ring is 2. The third kappa shape index (κ3) is 4.37. The normalized spacial score (nSPS) is 10.4. The molecule has 1 aromatic carbocycles. The van der Waals surface area contributed by atoms with Crippen molar-refractivity contribution in [3.8, 4) is 11.5 Å². The zero-order valence-electron chi connectivity index (χ0n) is 13.0. The molecule has 7 nitrogen and oxygen atoms in total. The fourth-order valence-electron chi connectivity index (χ4n) is 2.01. The molecule has 0 aliphatic carbocycles. The van der Waals surface area contributed by atoms with Gasteiger partial charge in [-0.25, -0.2) is 19.9 Å². The second kappa shape index (κ2) is 8.11. The minimum Gasteiger partial charge on any atom is -0.454 e. The average molecular weight is 543 g/mol. The molecule has 0 spiro atoms. The molecule has 0 unspecified atom stereocenters. The zero-order chi connectivity index (χ0) is 18.7. The van der Waals surface area contributed by atoms with E-state index < -0.39 is 0 Å². The summed E-state index contributed by atoms with van der Waals surface area (Å²) in [5.41, 5.74) is 12.5. The third-order valence-electron chi connectivity index (χ3n) is 3.16. The van der Waals surface area contributed by atoms with Gasteiger partial charge in [0.1, 0.15) is 25.1 Å². The highest BCUT2D eigenvalue weighted by atomic mass is 79.9. The predicted molar refractivity (Wildman–Crippen MR) is 111 cm³/mol. The number of halogens is 3. The molecule has 0 bridgehead atoms. The van der Waals surface area contributed by atoms with Gasteiger partial charge in [0.25, 0.3) is 0 Å². The molecule has 3 aromatic heterocycles. The van der Waals surface area contributed by atoms with Gasteiger partial charge < -0.3 is 15.9 Å². The molecule has 3 heterocycles. The summed E-state index contributed by atoms with van der Waals surface area (Å²) < 4.78 is 7.55. The molecular weight excluding hydrogens is 532 g/mol. The van der Waals surface area contributed by atoms with Gasteiger partial charge in [0, 0.05) is 5.39 Å². The lowest BCUT2D eigenvalue weighted by atomic mass is 10.2. The van der Waals surface area contributed by atoms with Gasteiger partial charge in [0.15, 0.2) is 17.4 Å². The Morgan fingerprint density at radius 2 is 1.50 bits per heavy atom. The van der Waals surface area contributed by atoms with Crippen molar-refractivity contribution in [3.05, 3.63) is 56.5 Å². The number of furan rings is 1. The van der Waals surface area contributed by atoms with Crippen molar-refractivity contribution in [2.75, 3.05) is 11.5 Å². The van der Waals surface area contributed by atoms with Crippen LogP contribution in [0.2, 0.25) is 0 Å². The topological polar surface area (TPSA) is 117 Å². The molecule has 0 fully saturated rings. The number of fused-ring (bicyclic) bond motifs is 1. The molecule has 4 rings (SSSR count). The van der Waals surface area contributed by atoms with E-state index in [1.54, 1.807) is 12.4 Å². The van der Waals surface area contributed by atoms with E-state index in [0.717, 1.165) is 11.0 Å². The lowest BCUT2D eigenvalue weighted by Gasteiger charge is -2.00. The highest BCUT2D eigenvalue weighted by Gasteiger charge is 2.11. The Kier molecular flexibility index (Phi) is 5.84. The molecule has 0 aliphatic rings. The maximum Gasteiger partial charge on any atom is 0.157 e. The minimum atomic E-state index is 0.354. The molecule has 0 saturated heterocycles.